The van der Waals surface area contributed by atoms with Gasteiger partial charge in [0.15, 0.2) is 5.82 Å². The number of benzene rings is 2. The van der Waals surface area contributed by atoms with Crippen molar-refractivity contribution in [1.82, 2.24) is 24.6 Å². The van der Waals surface area contributed by atoms with Crippen molar-refractivity contribution in [2.75, 3.05) is 25.6 Å². The predicted molar refractivity (Wildman–Crippen MR) is 226 cm³/mol. The van der Waals surface area contributed by atoms with Crippen molar-refractivity contribution in [3.05, 3.63) is 111 Å². The second-order valence-electron chi connectivity index (χ2n) is 16.0. The van der Waals surface area contributed by atoms with E-state index in [1.807, 2.05) is 45.0 Å². The number of methoxy groups -OCH3 is 1. The second kappa shape index (κ2) is 16.5. The van der Waals surface area contributed by atoms with Gasteiger partial charge in [0, 0.05) is 30.2 Å². The van der Waals surface area contributed by atoms with Gasteiger partial charge in [-0.1, -0.05) is 29.4 Å². The molecule has 312 valence electrons. The Balaban J connectivity index is 1.36. The summed E-state index contributed by atoms with van der Waals surface area (Å²) < 4.78 is 38.7. The maximum Gasteiger partial charge on any atom is 0.441 e. The highest BCUT2D eigenvalue weighted by Crippen LogP contribution is 2.48. The monoisotopic (exact) mass is 834 g/mol. The van der Waals surface area contributed by atoms with E-state index in [-0.39, 0.29) is 29.9 Å². The molecule has 15 heteroatoms. The lowest BCUT2D eigenvalue weighted by molar-refractivity contribution is 0.0217. The first-order valence-corrected chi connectivity index (χ1v) is 21.0. The Bertz CT molecular complexity index is 2650. The SMILES string of the molecule is CCOC(=O)c1c(C2CCCN2C(=O)OC(C)(C)C)nc(CCc2ccc(F)cc2)c(-c2noc(=O)n2C)c1-c1cc2ccnc(NC3CCc4c(OC)cccc43)c2s1. The van der Waals surface area contributed by atoms with Gasteiger partial charge in [0.1, 0.15) is 23.0 Å². The number of hydrogen-bond donors (Lipinski definition) is 1. The third kappa shape index (κ3) is 7.85. The Labute approximate surface area is 350 Å². The number of ether oxygens (including phenoxy) is 3. The van der Waals surface area contributed by atoms with Gasteiger partial charge in [-0.3, -0.25) is 19.0 Å². The minimum absolute atomic E-state index is 0.0131. The minimum Gasteiger partial charge on any atom is -0.496 e. The van der Waals surface area contributed by atoms with Crippen molar-refractivity contribution in [1.29, 1.82) is 0 Å². The van der Waals surface area contributed by atoms with E-state index in [1.165, 1.54) is 33.6 Å². The number of thiophene rings is 1. The molecule has 2 atom stereocenters. The molecule has 13 nitrogen and oxygen atoms in total. The lowest BCUT2D eigenvalue weighted by Gasteiger charge is -2.30. The van der Waals surface area contributed by atoms with Crippen LogP contribution in [-0.4, -0.2) is 62.5 Å². The first-order chi connectivity index (χ1) is 28.8. The number of anilines is 1. The van der Waals surface area contributed by atoms with Gasteiger partial charge < -0.3 is 19.5 Å². The second-order valence-corrected chi connectivity index (χ2v) is 17.1. The molecule has 2 aliphatic rings. The Morgan fingerprint density at radius 2 is 1.87 bits per heavy atom. The molecule has 0 bridgehead atoms. The zero-order valence-corrected chi connectivity index (χ0v) is 35.3. The molecule has 1 N–H and O–H groups in total. The lowest BCUT2D eigenvalue weighted by atomic mass is 9.90. The molecule has 0 radical (unpaired) electrons. The van der Waals surface area contributed by atoms with Crippen molar-refractivity contribution in [3.63, 3.8) is 0 Å². The standard InChI is InChI=1S/C45H47FN6O7S/c1-7-57-42(53)37-36(34-24-26-21-22-47-40(39(26)60-34)49-30-20-18-29-28(30)10-8-12-33(29)56-6)35(41-50-59-43(54)51(41)5)31(19-15-25-13-16-27(46)17-14-25)48-38(37)32-11-9-23-52(32)44(55)58-45(2,3)4/h8,10,12-14,16-17,21-22,24,30,32H,7,9,11,15,18-20,23H2,1-6H3,(H,47,49). The van der Waals surface area contributed by atoms with Crippen LogP contribution >= 0.6 is 11.3 Å². The molecular formula is C45H47FN6O7S. The van der Waals surface area contributed by atoms with Gasteiger partial charge in [-0.15, -0.1) is 11.3 Å². The molecule has 4 aromatic heterocycles. The summed E-state index contributed by atoms with van der Waals surface area (Å²) in [5.41, 5.74) is 4.26. The summed E-state index contributed by atoms with van der Waals surface area (Å²) in [6, 6.07) is 15.6. The fourth-order valence-electron chi connectivity index (χ4n) is 8.30. The summed E-state index contributed by atoms with van der Waals surface area (Å²) >= 11 is 1.43. The number of fused-ring (bicyclic) bond motifs is 2. The quantitative estimate of drug-likeness (QED) is 0.125. The van der Waals surface area contributed by atoms with Crippen LogP contribution < -0.4 is 15.8 Å². The largest absolute Gasteiger partial charge is 0.496 e. The van der Waals surface area contributed by atoms with Crippen LogP contribution in [0.1, 0.15) is 97.5 Å². The zero-order valence-electron chi connectivity index (χ0n) is 34.5. The highest BCUT2D eigenvalue weighted by atomic mass is 32.1. The topological polar surface area (TPSA) is 151 Å². The summed E-state index contributed by atoms with van der Waals surface area (Å²) in [5, 5.41) is 8.82. The molecule has 1 aliphatic carbocycles. The number of amides is 1. The number of aryl methyl sites for hydroxylation is 2. The third-order valence-electron chi connectivity index (χ3n) is 11.0. The van der Waals surface area contributed by atoms with Crippen molar-refractivity contribution in [3.8, 4) is 27.6 Å². The first-order valence-electron chi connectivity index (χ1n) is 20.2. The summed E-state index contributed by atoms with van der Waals surface area (Å²) in [5.74, 6) is 0.00140. The fraction of sp³-hybridized carbons (Fsp3) is 0.378. The molecule has 2 unspecified atom stereocenters. The van der Waals surface area contributed by atoms with Crippen LogP contribution in [0.3, 0.4) is 0 Å². The number of pyridine rings is 2. The highest BCUT2D eigenvalue weighted by molar-refractivity contribution is 7.23. The number of likely N-dealkylation sites (tertiary alicyclic amines) is 1. The van der Waals surface area contributed by atoms with Crippen molar-refractivity contribution in [2.24, 2.45) is 7.05 Å². The Morgan fingerprint density at radius 3 is 2.58 bits per heavy atom. The Morgan fingerprint density at radius 1 is 1.07 bits per heavy atom. The van der Waals surface area contributed by atoms with E-state index in [4.69, 9.17) is 28.7 Å². The van der Waals surface area contributed by atoms with E-state index in [2.05, 4.69) is 16.5 Å². The number of carbonyl (C=O) groups excluding carboxylic acids is 2. The minimum atomic E-state index is -0.766. The van der Waals surface area contributed by atoms with Gasteiger partial charge in [-0.05, 0) is 119 Å². The smallest absolute Gasteiger partial charge is 0.441 e. The van der Waals surface area contributed by atoms with Gasteiger partial charge in [-0.25, -0.2) is 23.8 Å². The summed E-state index contributed by atoms with van der Waals surface area (Å²) in [4.78, 5) is 53.8. The van der Waals surface area contributed by atoms with E-state index in [0.717, 1.165) is 39.8 Å². The highest BCUT2D eigenvalue weighted by Gasteiger charge is 2.40. The van der Waals surface area contributed by atoms with Crippen LogP contribution in [0.25, 0.3) is 31.9 Å². The molecule has 1 saturated heterocycles. The Kier molecular flexibility index (Phi) is 11.2. The van der Waals surface area contributed by atoms with Crippen LogP contribution in [0.5, 0.6) is 5.75 Å². The molecule has 0 spiro atoms. The number of nitrogens with one attached hydrogen (secondary N) is 1. The third-order valence-corrected chi connectivity index (χ3v) is 12.2. The molecule has 60 heavy (non-hydrogen) atoms. The molecule has 1 aliphatic heterocycles. The van der Waals surface area contributed by atoms with Gasteiger partial charge in [0.05, 0.1) is 53.0 Å². The number of hydrogen-bond acceptors (Lipinski definition) is 12. The van der Waals surface area contributed by atoms with E-state index in [0.29, 0.717) is 65.4 Å². The van der Waals surface area contributed by atoms with Crippen molar-refractivity contribution < 1.29 is 32.7 Å². The van der Waals surface area contributed by atoms with Gasteiger partial charge in [0.2, 0.25) is 0 Å². The maximum atomic E-state index is 14.6. The van der Waals surface area contributed by atoms with Crippen LogP contribution in [0.2, 0.25) is 0 Å². The summed E-state index contributed by atoms with van der Waals surface area (Å²) in [6.07, 6.45) is 4.82. The summed E-state index contributed by atoms with van der Waals surface area (Å²) in [6.45, 7) is 7.61. The van der Waals surface area contributed by atoms with E-state index >= 15 is 0 Å². The molecule has 1 fully saturated rings. The number of carbonyl (C=O) groups is 2. The fourth-order valence-corrected chi connectivity index (χ4v) is 9.47. The number of esters is 1. The van der Waals surface area contributed by atoms with Crippen LogP contribution in [0.4, 0.5) is 15.0 Å². The molecular weight excluding hydrogens is 788 g/mol. The van der Waals surface area contributed by atoms with Crippen molar-refractivity contribution in [2.45, 2.75) is 83.9 Å². The molecule has 6 aromatic rings. The molecule has 5 heterocycles. The van der Waals surface area contributed by atoms with E-state index in [9.17, 15) is 18.8 Å². The van der Waals surface area contributed by atoms with Crippen LogP contribution in [0.15, 0.2) is 70.1 Å². The number of rotatable bonds is 11. The molecule has 0 saturated carbocycles. The maximum absolute atomic E-state index is 14.6. The lowest BCUT2D eigenvalue weighted by Crippen LogP contribution is -2.37. The van der Waals surface area contributed by atoms with Crippen LogP contribution in [0, 0.1) is 5.82 Å². The molecule has 8 rings (SSSR count). The number of aromatic nitrogens is 4. The van der Waals surface area contributed by atoms with Gasteiger partial charge >= 0.3 is 17.8 Å². The van der Waals surface area contributed by atoms with Crippen molar-refractivity contribution >= 4 is 39.3 Å². The average molecular weight is 835 g/mol. The van der Waals surface area contributed by atoms with E-state index < -0.39 is 29.5 Å². The molecule has 2 aromatic carbocycles. The van der Waals surface area contributed by atoms with Crippen LogP contribution in [-0.2, 0) is 35.8 Å². The van der Waals surface area contributed by atoms with Gasteiger partial charge in [-0.2, -0.15) is 0 Å². The normalized spacial score (nSPS) is 16.3. The summed E-state index contributed by atoms with van der Waals surface area (Å²) in [7, 11) is 3.23. The number of nitrogens with zero attached hydrogens (tertiary/aromatic N) is 5. The predicted octanol–water partition coefficient (Wildman–Crippen LogP) is 8.99. The first kappa shape index (κ1) is 40.7. The number of halogens is 1. The average Bonchev–Trinajstić information content (AvgIpc) is 4.04. The van der Waals surface area contributed by atoms with E-state index in [1.54, 1.807) is 44.3 Å². The van der Waals surface area contributed by atoms with Gasteiger partial charge in [0.25, 0.3) is 0 Å². The molecule has 1 amide bonds. The Hall–Kier alpha value is -6.09. The zero-order chi connectivity index (χ0) is 42.3.